The molecule has 0 bridgehead atoms. The van der Waals surface area contributed by atoms with Gasteiger partial charge < -0.3 is 19.1 Å². The number of hydrogen-bond acceptors (Lipinski definition) is 8. The van der Waals surface area contributed by atoms with Crippen molar-refractivity contribution in [1.29, 1.82) is 0 Å². The van der Waals surface area contributed by atoms with Gasteiger partial charge in [0.05, 0.1) is 32.1 Å². The van der Waals surface area contributed by atoms with Gasteiger partial charge in [0.25, 0.3) is 0 Å². The Morgan fingerprint density at radius 2 is 2.03 bits per heavy atom. The van der Waals surface area contributed by atoms with Crippen molar-refractivity contribution in [2.24, 2.45) is 4.99 Å². The fraction of sp³-hybridized carbons (Fsp3) is 0.522. The highest BCUT2D eigenvalue weighted by Gasteiger charge is 2.12. The summed E-state index contributed by atoms with van der Waals surface area (Å²) in [5.74, 6) is 0.800. The number of morpholine rings is 1. The van der Waals surface area contributed by atoms with Gasteiger partial charge in [-0.05, 0) is 12.5 Å². The van der Waals surface area contributed by atoms with Crippen molar-refractivity contribution >= 4 is 12.0 Å². The summed E-state index contributed by atoms with van der Waals surface area (Å²) in [5.41, 5.74) is 3.11. The van der Waals surface area contributed by atoms with Gasteiger partial charge in [-0.2, -0.15) is 9.97 Å². The second-order valence-electron chi connectivity index (χ2n) is 7.60. The number of methoxy groups -OCH3 is 1. The van der Waals surface area contributed by atoms with Gasteiger partial charge in [-0.1, -0.05) is 29.8 Å². The maximum atomic E-state index is 5.91. The molecule has 3 rings (SSSR count). The van der Waals surface area contributed by atoms with Crippen molar-refractivity contribution in [2.45, 2.75) is 13.5 Å². The van der Waals surface area contributed by atoms with Gasteiger partial charge in [-0.3, -0.25) is 9.89 Å². The van der Waals surface area contributed by atoms with Gasteiger partial charge in [-0.25, -0.2) is 0 Å². The maximum Gasteiger partial charge on any atom is 0.318 e. The molecular formula is C23H33N5O3. The van der Waals surface area contributed by atoms with Crippen LogP contribution in [0, 0.1) is 6.92 Å². The van der Waals surface area contributed by atoms with Crippen LogP contribution in [0.25, 0.3) is 0 Å². The highest BCUT2D eigenvalue weighted by atomic mass is 16.5. The van der Waals surface area contributed by atoms with Crippen LogP contribution in [0.1, 0.15) is 16.8 Å². The predicted molar refractivity (Wildman–Crippen MR) is 122 cm³/mol. The Balaban J connectivity index is 1.66. The number of benzene rings is 1. The molecule has 0 aliphatic carbocycles. The van der Waals surface area contributed by atoms with Crippen LogP contribution in [-0.4, -0.2) is 87.8 Å². The molecule has 0 N–H and O–H groups in total. The number of anilines is 1. The van der Waals surface area contributed by atoms with E-state index in [2.05, 4.69) is 38.9 Å². The summed E-state index contributed by atoms with van der Waals surface area (Å²) < 4.78 is 16.5. The summed E-state index contributed by atoms with van der Waals surface area (Å²) in [6.07, 6.45) is 1.88. The van der Waals surface area contributed by atoms with Crippen LogP contribution in [-0.2, 0) is 16.0 Å². The van der Waals surface area contributed by atoms with E-state index in [-0.39, 0.29) is 0 Å². The Bertz CT molecular complexity index is 840. The van der Waals surface area contributed by atoms with Crippen LogP contribution < -0.4 is 9.64 Å². The first kappa shape index (κ1) is 23.1. The fourth-order valence-electron chi connectivity index (χ4n) is 3.23. The van der Waals surface area contributed by atoms with E-state index >= 15 is 0 Å². The molecule has 2 aromatic rings. The molecule has 0 unspecified atom stereocenters. The molecule has 8 heteroatoms. The van der Waals surface area contributed by atoms with E-state index in [9.17, 15) is 0 Å². The molecule has 0 spiro atoms. The first-order valence-electron chi connectivity index (χ1n) is 10.7. The van der Waals surface area contributed by atoms with Crippen molar-refractivity contribution in [2.75, 3.05) is 71.7 Å². The average molecular weight is 428 g/mol. The molecule has 31 heavy (non-hydrogen) atoms. The third-order valence-electron chi connectivity index (χ3n) is 5.05. The molecule has 2 heterocycles. The van der Waals surface area contributed by atoms with Crippen molar-refractivity contribution in [3.8, 4) is 6.01 Å². The molecule has 0 amide bonds. The topological polar surface area (TPSA) is 72.3 Å². The fourth-order valence-corrected chi connectivity index (χ4v) is 3.23. The number of aliphatic imine (C=N–C) groups is 1. The predicted octanol–water partition coefficient (Wildman–Crippen LogP) is 2.20. The minimum Gasteiger partial charge on any atom is -0.462 e. The molecule has 1 aromatic heterocycles. The molecule has 0 radical (unpaired) electrons. The van der Waals surface area contributed by atoms with Crippen LogP contribution in [0.5, 0.6) is 6.01 Å². The van der Waals surface area contributed by atoms with Gasteiger partial charge >= 0.3 is 6.01 Å². The van der Waals surface area contributed by atoms with Gasteiger partial charge in [-0.15, -0.1) is 0 Å². The Morgan fingerprint density at radius 3 is 2.81 bits per heavy atom. The molecule has 1 aromatic carbocycles. The zero-order valence-electron chi connectivity index (χ0n) is 18.8. The highest BCUT2D eigenvalue weighted by Crippen LogP contribution is 2.16. The van der Waals surface area contributed by atoms with Crippen molar-refractivity contribution in [3.63, 3.8) is 0 Å². The van der Waals surface area contributed by atoms with Crippen molar-refractivity contribution in [1.82, 2.24) is 14.9 Å². The van der Waals surface area contributed by atoms with Gasteiger partial charge in [0.15, 0.2) is 0 Å². The second kappa shape index (κ2) is 12.3. The summed E-state index contributed by atoms with van der Waals surface area (Å²) in [7, 11) is 3.68. The van der Waals surface area contributed by atoms with Gasteiger partial charge in [0, 0.05) is 52.6 Å². The Kier molecular flexibility index (Phi) is 9.20. The van der Waals surface area contributed by atoms with Crippen LogP contribution >= 0.6 is 0 Å². The molecule has 168 valence electrons. The largest absolute Gasteiger partial charge is 0.462 e. The van der Waals surface area contributed by atoms with Gasteiger partial charge in [0.1, 0.15) is 12.4 Å². The average Bonchev–Trinajstić information content (AvgIpc) is 2.78. The molecule has 1 fully saturated rings. The summed E-state index contributed by atoms with van der Waals surface area (Å²) in [5, 5.41) is 0. The zero-order chi connectivity index (χ0) is 21.9. The quantitative estimate of drug-likeness (QED) is 0.509. The Labute approximate surface area is 184 Å². The molecule has 0 saturated carbocycles. The van der Waals surface area contributed by atoms with Crippen LogP contribution in [0.15, 0.2) is 35.3 Å². The number of nitrogens with zero attached hydrogens (tertiary/aromatic N) is 5. The van der Waals surface area contributed by atoms with Gasteiger partial charge in [0.2, 0.25) is 0 Å². The number of aryl methyl sites for hydroxylation is 1. The second-order valence-corrected chi connectivity index (χ2v) is 7.60. The number of aromatic nitrogens is 2. The molecule has 0 atom stereocenters. The zero-order valence-corrected chi connectivity index (χ0v) is 18.8. The standard InChI is InChI=1S/C23H33N5O3/c1-19-5-4-6-20(15-19)17-24-18-21-16-22(27(2)7-11-29-3)26-23(25-21)31-14-10-28-8-12-30-13-9-28/h4-6,15-17H,7-14,18H2,1-3H3. The normalized spacial score (nSPS) is 14.8. The number of likely N-dealkylation sites (N-methyl/N-ethyl adjacent to an activating group) is 1. The first-order chi connectivity index (χ1) is 15.1. The monoisotopic (exact) mass is 427 g/mol. The highest BCUT2D eigenvalue weighted by molar-refractivity contribution is 5.79. The number of rotatable bonds is 11. The lowest BCUT2D eigenvalue weighted by molar-refractivity contribution is 0.0317. The smallest absolute Gasteiger partial charge is 0.318 e. The van der Waals surface area contributed by atoms with E-state index in [4.69, 9.17) is 14.2 Å². The SMILES string of the molecule is COCCN(C)c1cc(CN=Cc2cccc(C)c2)nc(OCCN2CCOCC2)n1. The molecular weight excluding hydrogens is 394 g/mol. The third kappa shape index (κ3) is 7.90. The van der Waals surface area contributed by atoms with E-state index in [0.717, 1.165) is 56.5 Å². The van der Waals surface area contributed by atoms with E-state index in [0.29, 0.717) is 25.8 Å². The molecule has 1 saturated heterocycles. The van der Waals surface area contributed by atoms with E-state index in [1.165, 1.54) is 5.56 Å². The van der Waals surface area contributed by atoms with Crippen LogP contribution in [0.4, 0.5) is 5.82 Å². The summed E-state index contributed by atoms with van der Waals surface area (Å²) in [6.45, 7) is 8.67. The summed E-state index contributed by atoms with van der Waals surface area (Å²) in [6, 6.07) is 10.6. The Hall–Kier alpha value is -2.55. The maximum absolute atomic E-state index is 5.91. The molecule has 1 aliphatic heterocycles. The van der Waals surface area contributed by atoms with Crippen LogP contribution in [0.2, 0.25) is 0 Å². The molecule has 8 nitrogen and oxygen atoms in total. The lowest BCUT2D eigenvalue weighted by Crippen LogP contribution is -2.38. The third-order valence-corrected chi connectivity index (χ3v) is 5.05. The number of hydrogen-bond donors (Lipinski definition) is 0. The van der Waals surface area contributed by atoms with E-state index in [1.807, 2.05) is 36.4 Å². The molecule has 1 aliphatic rings. The van der Waals surface area contributed by atoms with E-state index in [1.54, 1.807) is 7.11 Å². The minimum absolute atomic E-state index is 0.385. The minimum atomic E-state index is 0.385. The summed E-state index contributed by atoms with van der Waals surface area (Å²) >= 11 is 0. The van der Waals surface area contributed by atoms with Crippen LogP contribution in [0.3, 0.4) is 0 Å². The lowest BCUT2D eigenvalue weighted by atomic mass is 10.1. The Morgan fingerprint density at radius 1 is 1.19 bits per heavy atom. The number of ether oxygens (including phenoxy) is 3. The van der Waals surface area contributed by atoms with Crippen molar-refractivity contribution in [3.05, 3.63) is 47.2 Å². The van der Waals surface area contributed by atoms with Crippen molar-refractivity contribution < 1.29 is 14.2 Å². The lowest BCUT2D eigenvalue weighted by Gasteiger charge is -2.26. The van der Waals surface area contributed by atoms with E-state index < -0.39 is 0 Å². The summed E-state index contributed by atoms with van der Waals surface area (Å²) in [4.78, 5) is 18.1. The first-order valence-corrected chi connectivity index (χ1v) is 10.7.